The van der Waals surface area contributed by atoms with Gasteiger partial charge in [-0.05, 0) is 64.0 Å². The fourth-order valence-electron chi connectivity index (χ4n) is 3.27. The summed E-state index contributed by atoms with van der Waals surface area (Å²) >= 11 is 0. The van der Waals surface area contributed by atoms with E-state index in [9.17, 15) is 0 Å². The number of hydrogen-bond acceptors (Lipinski definition) is 4. The largest absolute Gasteiger partial charge is 0.477 e. The zero-order valence-corrected chi connectivity index (χ0v) is 21.1. The number of guanidine groups is 1. The van der Waals surface area contributed by atoms with Crippen molar-refractivity contribution >= 4 is 29.9 Å². The number of rotatable bonds is 9. The van der Waals surface area contributed by atoms with E-state index in [1.165, 1.54) is 24.1 Å². The molecule has 2 N–H and O–H groups in total. The number of hydrogen-bond donors (Lipinski definition) is 2. The van der Waals surface area contributed by atoms with Crippen LogP contribution in [0.1, 0.15) is 49.2 Å². The van der Waals surface area contributed by atoms with Crippen LogP contribution in [0.5, 0.6) is 5.88 Å². The first-order valence-electron chi connectivity index (χ1n) is 10.6. The first kappa shape index (κ1) is 24.4. The molecule has 1 fully saturated rings. The first-order valence-corrected chi connectivity index (χ1v) is 10.6. The summed E-state index contributed by atoms with van der Waals surface area (Å²) in [6, 6.07) is 4.21. The highest BCUT2D eigenvalue weighted by Crippen LogP contribution is 2.29. The highest BCUT2D eigenvalue weighted by atomic mass is 127. The third kappa shape index (κ3) is 7.14. The summed E-state index contributed by atoms with van der Waals surface area (Å²) in [6.45, 7) is 10.6. The van der Waals surface area contributed by atoms with E-state index in [-0.39, 0.29) is 30.0 Å². The number of aromatic nitrogens is 3. The molecule has 0 amide bonds. The maximum Gasteiger partial charge on any atom is 0.213 e. The van der Waals surface area contributed by atoms with Gasteiger partial charge in [-0.2, -0.15) is 5.10 Å². The lowest BCUT2D eigenvalue weighted by Crippen LogP contribution is -2.43. The molecular formula is C22H35IN6O. The first-order chi connectivity index (χ1) is 14.0. The topological polar surface area (TPSA) is 76.4 Å². The molecule has 0 aromatic carbocycles. The van der Waals surface area contributed by atoms with Gasteiger partial charge in [0.25, 0.3) is 0 Å². The number of halogens is 1. The third-order valence-corrected chi connectivity index (χ3v) is 5.28. The Kier molecular flexibility index (Phi) is 9.38. The van der Waals surface area contributed by atoms with Crippen LogP contribution in [0.15, 0.2) is 23.3 Å². The summed E-state index contributed by atoms with van der Waals surface area (Å²) in [5.74, 6) is 2.25. The molecule has 0 aliphatic heterocycles. The van der Waals surface area contributed by atoms with Crippen molar-refractivity contribution < 1.29 is 4.74 Å². The Labute approximate surface area is 197 Å². The van der Waals surface area contributed by atoms with Crippen molar-refractivity contribution in [2.24, 2.45) is 18.0 Å². The number of aryl methyl sites for hydroxylation is 2. The lowest BCUT2D eigenvalue weighted by Gasteiger charge is -2.18. The Morgan fingerprint density at radius 2 is 2.10 bits per heavy atom. The van der Waals surface area contributed by atoms with Crippen LogP contribution >= 0.6 is 24.0 Å². The average Bonchev–Trinajstić information content (AvgIpc) is 3.49. The molecule has 3 rings (SSSR count). The Morgan fingerprint density at radius 1 is 1.33 bits per heavy atom. The van der Waals surface area contributed by atoms with Gasteiger partial charge in [-0.25, -0.2) is 9.98 Å². The van der Waals surface area contributed by atoms with Gasteiger partial charge in [0.05, 0.1) is 18.8 Å². The van der Waals surface area contributed by atoms with Crippen LogP contribution in [0.3, 0.4) is 0 Å². The Hall–Kier alpha value is -1.84. The SMILES string of the molecule is CCNC(=NCc1ccc(OCC2CC2)nc1)NC(C)Cc1c(C)nn(C)c1C.I. The molecular weight excluding hydrogens is 491 g/mol. The highest BCUT2D eigenvalue weighted by Gasteiger charge is 2.22. The van der Waals surface area contributed by atoms with E-state index in [0.717, 1.165) is 42.7 Å². The summed E-state index contributed by atoms with van der Waals surface area (Å²) in [6.07, 6.45) is 5.32. The molecule has 1 aliphatic carbocycles. The third-order valence-electron chi connectivity index (χ3n) is 5.28. The van der Waals surface area contributed by atoms with Gasteiger partial charge < -0.3 is 15.4 Å². The van der Waals surface area contributed by atoms with E-state index in [1.54, 1.807) is 0 Å². The second-order valence-electron chi connectivity index (χ2n) is 7.98. The molecule has 7 nitrogen and oxygen atoms in total. The number of nitrogens with one attached hydrogen (secondary N) is 2. The minimum atomic E-state index is 0. The maximum atomic E-state index is 5.70. The molecule has 1 unspecified atom stereocenters. The number of nitrogens with zero attached hydrogens (tertiary/aromatic N) is 4. The summed E-state index contributed by atoms with van der Waals surface area (Å²) in [5.41, 5.74) is 4.67. The fraction of sp³-hybridized carbons (Fsp3) is 0.591. The van der Waals surface area contributed by atoms with Gasteiger partial charge in [0.15, 0.2) is 5.96 Å². The van der Waals surface area contributed by atoms with E-state index in [2.05, 4.69) is 48.4 Å². The maximum absolute atomic E-state index is 5.70. The van der Waals surface area contributed by atoms with Crippen LogP contribution in [-0.2, 0) is 20.0 Å². The van der Waals surface area contributed by atoms with Gasteiger partial charge in [-0.1, -0.05) is 6.07 Å². The molecule has 0 saturated heterocycles. The molecule has 0 spiro atoms. The lowest BCUT2D eigenvalue weighted by atomic mass is 10.1. The second-order valence-corrected chi connectivity index (χ2v) is 7.98. The molecule has 1 aliphatic rings. The molecule has 2 aromatic rings. The van der Waals surface area contributed by atoms with Crippen molar-refractivity contribution in [1.82, 2.24) is 25.4 Å². The van der Waals surface area contributed by atoms with Crippen molar-refractivity contribution in [3.05, 3.63) is 40.8 Å². The molecule has 2 heterocycles. The number of ether oxygens (including phenoxy) is 1. The monoisotopic (exact) mass is 526 g/mol. The van der Waals surface area contributed by atoms with Crippen LogP contribution in [0.25, 0.3) is 0 Å². The van der Waals surface area contributed by atoms with Crippen LogP contribution in [0.4, 0.5) is 0 Å². The predicted octanol–water partition coefficient (Wildman–Crippen LogP) is 3.53. The molecule has 0 bridgehead atoms. The van der Waals surface area contributed by atoms with E-state index < -0.39 is 0 Å². The number of aliphatic imine (C=N–C) groups is 1. The molecule has 166 valence electrons. The molecule has 1 saturated carbocycles. The summed E-state index contributed by atoms with van der Waals surface area (Å²) in [4.78, 5) is 9.12. The quantitative estimate of drug-likeness (QED) is 0.297. The van der Waals surface area contributed by atoms with Crippen molar-refractivity contribution in [3.8, 4) is 5.88 Å². The van der Waals surface area contributed by atoms with Gasteiger partial charge in [-0.3, -0.25) is 4.68 Å². The minimum Gasteiger partial charge on any atom is -0.477 e. The summed E-state index contributed by atoms with van der Waals surface area (Å²) < 4.78 is 7.65. The van der Waals surface area contributed by atoms with Gasteiger partial charge in [0.1, 0.15) is 0 Å². The molecule has 2 aromatic heterocycles. The standard InChI is InChI=1S/C22H34N6O.HI/c1-6-23-22(26-15(2)11-20-16(3)27-28(5)17(20)4)25-13-19-9-10-21(24-12-19)29-14-18-7-8-18;/h9-10,12,15,18H,6-8,11,13-14H2,1-5H3,(H2,23,25,26);1H. The van der Waals surface area contributed by atoms with Crippen LogP contribution in [0.2, 0.25) is 0 Å². The van der Waals surface area contributed by atoms with Crippen LogP contribution in [-0.4, -0.2) is 39.9 Å². The predicted molar refractivity (Wildman–Crippen MR) is 132 cm³/mol. The van der Waals surface area contributed by atoms with E-state index >= 15 is 0 Å². The van der Waals surface area contributed by atoms with Crippen LogP contribution < -0.4 is 15.4 Å². The number of pyridine rings is 1. The molecule has 30 heavy (non-hydrogen) atoms. The lowest BCUT2D eigenvalue weighted by molar-refractivity contribution is 0.288. The Morgan fingerprint density at radius 3 is 2.67 bits per heavy atom. The van der Waals surface area contributed by atoms with Gasteiger partial charge in [0, 0.05) is 37.6 Å². The van der Waals surface area contributed by atoms with Crippen molar-refractivity contribution in [3.63, 3.8) is 0 Å². The highest BCUT2D eigenvalue weighted by molar-refractivity contribution is 14.0. The molecule has 0 radical (unpaired) electrons. The second kappa shape index (κ2) is 11.5. The van der Waals surface area contributed by atoms with Crippen molar-refractivity contribution in [2.75, 3.05) is 13.2 Å². The van der Waals surface area contributed by atoms with E-state index in [4.69, 9.17) is 9.73 Å². The Balaban J connectivity index is 0.00000320. The zero-order chi connectivity index (χ0) is 20.8. The average molecular weight is 526 g/mol. The molecule has 8 heteroatoms. The molecule has 1 atom stereocenters. The fourth-order valence-corrected chi connectivity index (χ4v) is 3.27. The van der Waals surface area contributed by atoms with Crippen LogP contribution in [0, 0.1) is 19.8 Å². The van der Waals surface area contributed by atoms with Crippen molar-refractivity contribution in [2.45, 2.75) is 59.5 Å². The smallest absolute Gasteiger partial charge is 0.213 e. The van der Waals surface area contributed by atoms with Crippen molar-refractivity contribution in [1.29, 1.82) is 0 Å². The van der Waals surface area contributed by atoms with E-state index in [0.29, 0.717) is 12.4 Å². The van der Waals surface area contributed by atoms with Gasteiger partial charge >= 0.3 is 0 Å². The summed E-state index contributed by atoms with van der Waals surface area (Å²) in [5, 5.41) is 11.4. The minimum absolute atomic E-state index is 0. The van der Waals surface area contributed by atoms with E-state index in [1.807, 2.05) is 30.1 Å². The summed E-state index contributed by atoms with van der Waals surface area (Å²) in [7, 11) is 1.99. The normalized spacial score (nSPS) is 14.8. The van der Waals surface area contributed by atoms with Gasteiger partial charge in [0.2, 0.25) is 5.88 Å². The Bertz CT molecular complexity index is 829. The zero-order valence-electron chi connectivity index (χ0n) is 18.7. The van der Waals surface area contributed by atoms with Gasteiger partial charge in [-0.15, -0.1) is 24.0 Å².